The molecule has 7 heteroatoms. The van der Waals surface area contributed by atoms with Crippen LogP contribution in [0.1, 0.15) is 27.7 Å². The quantitative estimate of drug-likeness (QED) is 0.398. The van der Waals surface area contributed by atoms with Crippen molar-refractivity contribution >= 4 is 50.2 Å². The number of aromatic nitrogens is 1. The number of amides is 1. The van der Waals surface area contributed by atoms with Crippen molar-refractivity contribution < 1.29 is 9.21 Å². The SMILES string of the molecule is O=C1c2oc3ccc(Cl)cc3c(=O)c2[C@H](c2ccc(Br)cc2)N1c1ccccn1. The highest BCUT2D eigenvalue weighted by Crippen LogP contribution is 2.40. The van der Waals surface area contributed by atoms with Crippen LogP contribution in [0.2, 0.25) is 5.02 Å². The van der Waals surface area contributed by atoms with E-state index in [-0.39, 0.29) is 16.8 Å². The van der Waals surface area contributed by atoms with Crippen molar-refractivity contribution in [3.05, 3.63) is 103 Å². The molecule has 1 atom stereocenters. The molecular weight excluding hydrogens is 456 g/mol. The van der Waals surface area contributed by atoms with Crippen LogP contribution in [-0.4, -0.2) is 10.9 Å². The molecule has 0 spiro atoms. The molecule has 5 rings (SSSR count). The molecule has 0 aliphatic carbocycles. The van der Waals surface area contributed by atoms with Gasteiger partial charge >= 0.3 is 0 Å². The lowest BCUT2D eigenvalue weighted by Gasteiger charge is -2.24. The molecule has 0 N–H and O–H groups in total. The van der Waals surface area contributed by atoms with Crippen LogP contribution in [0.5, 0.6) is 0 Å². The van der Waals surface area contributed by atoms with E-state index in [4.69, 9.17) is 16.0 Å². The highest BCUT2D eigenvalue weighted by Gasteiger charge is 2.44. The Labute approximate surface area is 178 Å². The zero-order chi connectivity index (χ0) is 20.1. The summed E-state index contributed by atoms with van der Waals surface area (Å²) < 4.78 is 6.79. The van der Waals surface area contributed by atoms with E-state index >= 15 is 0 Å². The van der Waals surface area contributed by atoms with Crippen LogP contribution in [0.25, 0.3) is 11.0 Å². The van der Waals surface area contributed by atoms with E-state index in [1.807, 2.05) is 24.3 Å². The predicted molar refractivity (Wildman–Crippen MR) is 115 cm³/mol. The fraction of sp³-hybridized carbons (Fsp3) is 0.0455. The predicted octanol–water partition coefficient (Wildman–Crippen LogP) is 5.35. The number of rotatable bonds is 2. The summed E-state index contributed by atoms with van der Waals surface area (Å²) >= 11 is 9.52. The molecule has 0 saturated heterocycles. The number of carbonyl (C=O) groups excluding carboxylic acids is 1. The fourth-order valence-corrected chi connectivity index (χ4v) is 4.07. The zero-order valence-electron chi connectivity index (χ0n) is 14.8. The third-order valence-corrected chi connectivity index (χ3v) is 5.68. The number of hydrogen-bond acceptors (Lipinski definition) is 4. The van der Waals surface area contributed by atoms with Crippen LogP contribution in [-0.2, 0) is 0 Å². The second-order valence-corrected chi connectivity index (χ2v) is 7.98. The van der Waals surface area contributed by atoms with E-state index in [2.05, 4.69) is 20.9 Å². The second-order valence-electron chi connectivity index (χ2n) is 6.63. The average Bonchev–Trinajstić information content (AvgIpc) is 3.03. The lowest BCUT2D eigenvalue weighted by Crippen LogP contribution is -2.30. The first kappa shape index (κ1) is 18.1. The lowest BCUT2D eigenvalue weighted by molar-refractivity contribution is 0.0970. The first-order chi connectivity index (χ1) is 14.0. The smallest absolute Gasteiger partial charge is 0.296 e. The van der Waals surface area contributed by atoms with E-state index in [0.29, 0.717) is 21.8 Å². The van der Waals surface area contributed by atoms with E-state index < -0.39 is 11.9 Å². The molecule has 29 heavy (non-hydrogen) atoms. The van der Waals surface area contributed by atoms with Crippen molar-refractivity contribution in [3.63, 3.8) is 0 Å². The Balaban J connectivity index is 1.83. The lowest BCUT2D eigenvalue weighted by atomic mass is 9.98. The van der Waals surface area contributed by atoms with Gasteiger partial charge in [0.2, 0.25) is 5.76 Å². The van der Waals surface area contributed by atoms with Crippen molar-refractivity contribution in [1.82, 2.24) is 4.98 Å². The molecule has 5 nitrogen and oxygen atoms in total. The standard InChI is InChI=1S/C22H12BrClN2O3/c23-13-6-4-12(5-7-13)19-18-20(27)15-11-14(24)8-9-16(15)29-21(18)22(28)26(19)17-3-1-2-10-25-17/h1-11,19H/t19-/m0/s1. The summed E-state index contributed by atoms with van der Waals surface area (Å²) in [7, 11) is 0. The monoisotopic (exact) mass is 466 g/mol. The maximum atomic E-state index is 13.4. The summed E-state index contributed by atoms with van der Waals surface area (Å²) in [6, 6.07) is 16.9. The molecular formula is C22H12BrClN2O3. The van der Waals surface area contributed by atoms with Gasteiger partial charge in [0.15, 0.2) is 5.43 Å². The van der Waals surface area contributed by atoms with Crippen LogP contribution in [0.3, 0.4) is 0 Å². The minimum absolute atomic E-state index is 0.0309. The Morgan fingerprint density at radius 2 is 1.83 bits per heavy atom. The van der Waals surface area contributed by atoms with Gasteiger partial charge in [0.1, 0.15) is 11.4 Å². The van der Waals surface area contributed by atoms with Gasteiger partial charge in [-0.05, 0) is 48.0 Å². The second kappa shape index (κ2) is 6.83. The van der Waals surface area contributed by atoms with Crippen molar-refractivity contribution in [3.8, 4) is 0 Å². The molecule has 1 aliphatic rings. The molecule has 0 unspecified atom stereocenters. The molecule has 1 aliphatic heterocycles. The Morgan fingerprint density at radius 3 is 2.55 bits per heavy atom. The van der Waals surface area contributed by atoms with Crippen molar-refractivity contribution in [2.75, 3.05) is 4.90 Å². The maximum Gasteiger partial charge on any atom is 0.296 e. The number of benzene rings is 2. The molecule has 3 heterocycles. The number of hydrogen-bond donors (Lipinski definition) is 0. The Morgan fingerprint density at radius 1 is 1.03 bits per heavy atom. The highest BCUT2D eigenvalue weighted by molar-refractivity contribution is 9.10. The number of nitrogens with zero attached hydrogens (tertiary/aromatic N) is 2. The van der Waals surface area contributed by atoms with Gasteiger partial charge < -0.3 is 4.42 Å². The number of halogens is 2. The van der Waals surface area contributed by atoms with Crippen molar-refractivity contribution in [2.45, 2.75) is 6.04 Å². The summed E-state index contributed by atoms with van der Waals surface area (Å²) in [4.78, 5) is 32.6. The van der Waals surface area contributed by atoms with Gasteiger partial charge in [0.05, 0.1) is 17.0 Å². The summed E-state index contributed by atoms with van der Waals surface area (Å²) in [6.45, 7) is 0. The Bertz CT molecular complexity index is 1320. The van der Waals surface area contributed by atoms with Crippen molar-refractivity contribution in [2.24, 2.45) is 0 Å². The van der Waals surface area contributed by atoms with Crippen LogP contribution in [0, 0.1) is 0 Å². The maximum absolute atomic E-state index is 13.4. The summed E-state index contributed by atoms with van der Waals surface area (Å²) in [5.41, 5.74) is 1.12. The van der Waals surface area contributed by atoms with Crippen molar-refractivity contribution in [1.29, 1.82) is 0 Å². The highest BCUT2D eigenvalue weighted by atomic mass is 79.9. The third kappa shape index (κ3) is 2.87. The first-order valence-corrected chi connectivity index (χ1v) is 9.98. The van der Waals surface area contributed by atoms with E-state index in [1.165, 1.54) is 4.90 Å². The largest absolute Gasteiger partial charge is 0.450 e. The van der Waals surface area contributed by atoms with Crippen LogP contribution >= 0.6 is 27.5 Å². The fourth-order valence-electron chi connectivity index (χ4n) is 3.64. The van der Waals surface area contributed by atoms with E-state index in [1.54, 1.807) is 42.6 Å². The summed E-state index contributed by atoms with van der Waals surface area (Å²) in [6.07, 6.45) is 1.61. The summed E-state index contributed by atoms with van der Waals surface area (Å²) in [5, 5.41) is 0.768. The molecule has 1 amide bonds. The number of fused-ring (bicyclic) bond motifs is 2. The van der Waals surface area contributed by atoms with Gasteiger partial charge in [-0.2, -0.15) is 0 Å². The average molecular weight is 468 g/mol. The molecule has 2 aromatic heterocycles. The van der Waals surface area contributed by atoms with Gasteiger partial charge in [-0.15, -0.1) is 0 Å². The normalized spacial score (nSPS) is 15.7. The minimum atomic E-state index is -0.653. The van der Waals surface area contributed by atoms with Gasteiger partial charge in [-0.1, -0.05) is 45.7 Å². The van der Waals surface area contributed by atoms with Crippen LogP contribution in [0.15, 0.2) is 80.5 Å². The van der Waals surface area contributed by atoms with Gasteiger partial charge in [-0.25, -0.2) is 4.98 Å². The molecule has 0 radical (unpaired) electrons. The van der Waals surface area contributed by atoms with Crippen LogP contribution in [0.4, 0.5) is 5.82 Å². The van der Waals surface area contributed by atoms with Gasteiger partial charge in [0, 0.05) is 15.7 Å². The molecule has 4 aromatic rings. The van der Waals surface area contributed by atoms with Crippen LogP contribution < -0.4 is 10.3 Å². The number of anilines is 1. The Kier molecular flexibility index (Phi) is 4.26. The summed E-state index contributed by atoms with van der Waals surface area (Å²) in [5.74, 6) is 0.0715. The molecule has 0 bridgehead atoms. The van der Waals surface area contributed by atoms with Gasteiger partial charge in [-0.3, -0.25) is 14.5 Å². The number of pyridine rings is 1. The molecule has 0 saturated carbocycles. The molecule has 0 fully saturated rings. The third-order valence-electron chi connectivity index (χ3n) is 4.91. The zero-order valence-corrected chi connectivity index (χ0v) is 17.1. The van der Waals surface area contributed by atoms with E-state index in [0.717, 1.165) is 10.0 Å². The molecule has 2 aromatic carbocycles. The number of carbonyl (C=O) groups is 1. The topological polar surface area (TPSA) is 63.4 Å². The molecule has 142 valence electrons. The van der Waals surface area contributed by atoms with Gasteiger partial charge in [0.25, 0.3) is 5.91 Å². The Hall–Kier alpha value is -2.96. The minimum Gasteiger partial charge on any atom is -0.450 e. The van der Waals surface area contributed by atoms with E-state index in [9.17, 15) is 9.59 Å². The first-order valence-electron chi connectivity index (χ1n) is 8.81.